The lowest BCUT2D eigenvalue weighted by Gasteiger charge is -2.37. The second-order valence-electron chi connectivity index (χ2n) is 5.35. The van der Waals surface area contributed by atoms with Crippen molar-refractivity contribution in [2.24, 2.45) is 0 Å². The molecule has 1 heterocycles. The Balaban J connectivity index is 2.03. The van der Waals surface area contributed by atoms with Gasteiger partial charge in [-0.1, -0.05) is 11.6 Å². The highest BCUT2D eigenvalue weighted by atomic mass is 35.5. The van der Waals surface area contributed by atoms with Crippen molar-refractivity contribution in [2.45, 2.75) is 13.0 Å². The summed E-state index contributed by atoms with van der Waals surface area (Å²) in [5.74, 6) is 0.696. The molecule has 0 aliphatic carbocycles. The Morgan fingerprint density at radius 2 is 2.20 bits per heavy atom. The largest absolute Gasteiger partial charge is 0.495 e. The van der Waals surface area contributed by atoms with Crippen LogP contribution in [0.2, 0.25) is 5.02 Å². The maximum atomic E-state index is 12.3. The molecule has 0 radical (unpaired) electrons. The number of ether oxygens (including phenoxy) is 1. The maximum absolute atomic E-state index is 12.3. The summed E-state index contributed by atoms with van der Waals surface area (Å²) in [7, 11) is 3.67. The number of piperazine rings is 1. The van der Waals surface area contributed by atoms with Gasteiger partial charge in [-0.2, -0.15) is 0 Å². The fourth-order valence-corrected chi connectivity index (χ4v) is 2.79. The number of carbonyl (C=O) groups excluding carboxylic acids is 1. The van der Waals surface area contributed by atoms with Gasteiger partial charge in [-0.15, -0.1) is 0 Å². The van der Waals surface area contributed by atoms with Gasteiger partial charge >= 0.3 is 0 Å². The molecule has 1 unspecified atom stereocenters. The first-order chi connectivity index (χ1) is 9.51. The molecule has 0 aromatic heterocycles. The van der Waals surface area contributed by atoms with E-state index in [0.29, 0.717) is 28.9 Å². The Bertz CT molecular complexity index is 493. The molecule has 0 bridgehead atoms. The summed E-state index contributed by atoms with van der Waals surface area (Å²) >= 11 is 6.07. The highest BCUT2D eigenvalue weighted by Crippen LogP contribution is 2.25. The van der Waals surface area contributed by atoms with Gasteiger partial charge in [-0.3, -0.25) is 9.69 Å². The molecule has 1 aliphatic heterocycles. The number of carbonyl (C=O) groups is 1. The molecule has 0 saturated carbocycles. The number of methoxy groups -OCH3 is 1. The molecule has 110 valence electrons. The van der Waals surface area contributed by atoms with E-state index in [2.05, 4.69) is 23.8 Å². The van der Waals surface area contributed by atoms with Gasteiger partial charge in [-0.25, -0.2) is 0 Å². The number of rotatable bonds is 4. The van der Waals surface area contributed by atoms with Crippen LogP contribution < -0.4 is 4.74 Å². The molecule has 5 heteroatoms. The van der Waals surface area contributed by atoms with E-state index in [1.165, 1.54) is 0 Å². The van der Waals surface area contributed by atoms with Crippen LogP contribution in [0.5, 0.6) is 5.75 Å². The molecule has 1 saturated heterocycles. The summed E-state index contributed by atoms with van der Waals surface area (Å²) < 4.78 is 5.10. The quantitative estimate of drug-likeness (QED) is 0.797. The molecule has 2 rings (SSSR count). The molecule has 1 fully saturated rings. The lowest BCUT2D eigenvalue weighted by Crippen LogP contribution is -2.51. The van der Waals surface area contributed by atoms with Crippen LogP contribution in [0.4, 0.5) is 0 Å². The first-order valence-electron chi connectivity index (χ1n) is 6.80. The van der Waals surface area contributed by atoms with E-state index in [9.17, 15) is 4.79 Å². The van der Waals surface area contributed by atoms with Crippen molar-refractivity contribution in [1.82, 2.24) is 9.80 Å². The van der Waals surface area contributed by atoms with Crippen LogP contribution in [-0.2, 0) is 0 Å². The number of hydrogen-bond donors (Lipinski definition) is 0. The molecule has 0 amide bonds. The normalized spacial score (nSPS) is 20.9. The average Bonchev–Trinajstić information content (AvgIpc) is 2.41. The number of likely N-dealkylation sites (N-methyl/N-ethyl adjacent to an activating group) is 1. The van der Waals surface area contributed by atoms with E-state index in [1.54, 1.807) is 25.3 Å². The highest BCUT2D eigenvalue weighted by molar-refractivity contribution is 6.32. The van der Waals surface area contributed by atoms with E-state index in [-0.39, 0.29) is 5.78 Å². The van der Waals surface area contributed by atoms with E-state index in [0.717, 1.165) is 19.6 Å². The van der Waals surface area contributed by atoms with E-state index in [1.807, 2.05) is 0 Å². The predicted octanol–water partition coefficient (Wildman–Crippen LogP) is 2.17. The minimum absolute atomic E-state index is 0.103. The first-order valence-corrected chi connectivity index (χ1v) is 7.18. The topological polar surface area (TPSA) is 32.8 Å². The van der Waals surface area contributed by atoms with Crippen molar-refractivity contribution in [3.8, 4) is 5.75 Å². The molecule has 0 spiro atoms. The Kier molecular flexibility index (Phi) is 5.02. The summed E-state index contributed by atoms with van der Waals surface area (Å²) in [5.41, 5.74) is 0.641. The molecule has 1 aromatic rings. The molecule has 1 atom stereocenters. The maximum Gasteiger partial charge on any atom is 0.176 e. The zero-order valence-corrected chi connectivity index (χ0v) is 13.0. The van der Waals surface area contributed by atoms with Crippen LogP contribution in [0.1, 0.15) is 17.3 Å². The van der Waals surface area contributed by atoms with Gasteiger partial charge in [0.1, 0.15) is 5.75 Å². The number of benzene rings is 1. The second-order valence-corrected chi connectivity index (χ2v) is 5.76. The summed E-state index contributed by atoms with van der Waals surface area (Å²) in [6.07, 6.45) is 0. The van der Waals surface area contributed by atoms with Crippen molar-refractivity contribution in [3.05, 3.63) is 28.8 Å². The molecule has 1 aromatic carbocycles. The third kappa shape index (κ3) is 3.51. The lowest BCUT2D eigenvalue weighted by atomic mass is 10.1. The van der Waals surface area contributed by atoms with Crippen molar-refractivity contribution in [3.63, 3.8) is 0 Å². The molecule has 4 nitrogen and oxygen atoms in total. The molecule has 1 aliphatic rings. The van der Waals surface area contributed by atoms with Crippen molar-refractivity contribution in [2.75, 3.05) is 40.3 Å². The molecular weight excluding hydrogens is 276 g/mol. The Morgan fingerprint density at radius 3 is 2.80 bits per heavy atom. The monoisotopic (exact) mass is 296 g/mol. The van der Waals surface area contributed by atoms with Crippen LogP contribution in [0, 0.1) is 0 Å². The van der Waals surface area contributed by atoms with Gasteiger partial charge < -0.3 is 9.64 Å². The lowest BCUT2D eigenvalue weighted by molar-refractivity contribution is 0.0747. The van der Waals surface area contributed by atoms with E-state index >= 15 is 0 Å². The zero-order chi connectivity index (χ0) is 14.7. The van der Waals surface area contributed by atoms with Gasteiger partial charge in [0.2, 0.25) is 0 Å². The van der Waals surface area contributed by atoms with E-state index in [4.69, 9.17) is 16.3 Å². The number of hydrogen-bond acceptors (Lipinski definition) is 4. The van der Waals surface area contributed by atoms with Gasteiger partial charge in [-0.05, 0) is 32.2 Å². The van der Waals surface area contributed by atoms with Crippen LogP contribution in [-0.4, -0.2) is 62.0 Å². The minimum Gasteiger partial charge on any atom is -0.495 e. The smallest absolute Gasteiger partial charge is 0.176 e. The zero-order valence-electron chi connectivity index (χ0n) is 12.2. The van der Waals surface area contributed by atoms with Crippen molar-refractivity contribution in [1.29, 1.82) is 0 Å². The summed E-state index contributed by atoms with van der Waals surface area (Å²) in [6.45, 7) is 5.52. The SMILES string of the molecule is COc1ccc(C(=O)CN2CCN(C)CC2C)cc1Cl. The molecule has 20 heavy (non-hydrogen) atoms. The predicted molar refractivity (Wildman–Crippen MR) is 80.9 cm³/mol. The Morgan fingerprint density at radius 1 is 1.45 bits per heavy atom. The number of ketones is 1. The average molecular weight is 297 g/mol. The van der Waals surface area contributed by atoms with Gasteiger partial charge in [0.05, 0.1) is 18.7 Å². The fraction of sp³-hybridized carbons (Fsp3) is 0.533. The van der Waals surface area contributed by atoms with Crippen LogP contribution in [0.25, 0.3) is 0 Å². The molecule has 0 N–H and O–H groups in total. The van der Waals surface area contributed by atoms with Gasteiger partial charge in [0.15, 0.2) is 5.78 Å². The first kappa shape index (κ1) is 15.3. The third-order valence-corrected chi connectivity index (χ3v) is 4.08. The highest BCUT2D eigenvalue weighted by Gasteiger charge is 2.23. The summed E-state index contributed by atoms with van der Waals surface area (Å²) in [4.78, 5) is 16.8. The summed E-state index contributed by atoms with van der Waals surface area (Å²) in [5, 5.41) is 0.477. The van der Waals surface area contributed by atoms with Gasteiger partial charge in [0, 0.05) is 31.2 Å². The van der Waals surface area contributed by atoms with Crippen molar-refractivity contribution < 1.29 is 9.53 Å². The van der Waals surface area contributed by atoms with Crippen molar-refractivity contribution >= 4 is 17.4 Å². The summed E-state index contributed by atoms with van der Waals surface area (Å²) in [6, 6.07) is 5.59. The second kappa shape index (κ2) is 6.57. The van der Waals surface area contributed by atoms with Crippen LogP contribution >= 0.6 is 11.6 Å². The van der Waals surface area contributed by atoms with E-state index < -0.39 is 0 Å². The standard InChI is InChI=1S/C15H21ClN2O2/c1-11-9-17(2)6-7-18(11)10-14(19)12-4-5-15(20-3)13(16)8-12/h4-5,8,11H,6-7,9-10H2,1-3H3. The number of Topliss-reactive ketones (excluding diaryl/α,β-unsaturated/α-hetero) is 1. The van der Waals surface area contributed by atoms with Crippen LogP contribution in [0.3, 0.4) is 0 Å². The third-order valence-electron chi connectivity index (χ3n) is 3.79. The fourth-order valence-electron chi connectivity index (χ4n) is 2.53. The minimum atomic E-state index is 0.103. The Hall–Kier alpha value is -1.10. The number of halogens is 1. The van der Waals surface area contributed by atoms with Gasteiger partial charge in [0.25, 0.3) is 0 Å². The number of nitrogens with zero attached hydrogens (tertiary/aromatic N) is 2. The Labute approximate surface area is 125 Å². The molecular formula is C15H21ClN2O2. The van der Waals surface area contributed by atoms with Crippen LogP contribution in [0.15, 0.2) is 18.2 Å².